The van der Waals surface area contributed by atoms with Crippen molar-refractivity contribution in [3.63, 3.8) is 0 Å². The molecule has 1 aromatic rings. The van der Waals surface area contributed by atoms with Crippen LogP contribution in [0.2, 0.25) is 0 Å². The Kier molecular flexibility index (Phi) is 3.30. The van der Waals surface area contributed by atoms with Crippen LogP contribution in [0.4, 0.5) is 0 Å². The lowest BCUT2D eigenvalue weighted by molar-refractivity contribution is -0.190. The molecular formula is C13H17NO5. The molecule has 2 fully saturated rings. The summed E-state index contributed by atoms with van der Waals surface area (Å²) in [6.07, 6.45) is 1.93. The lowest BCUT2D eigenvalue weighted by Gasteiger charge is -2.38. The Hall–Kier alpha value is -1.37. The van der Waals surface area contributed by atoms with Crippen molar-refractivity contribution in [1.82, 2.24) is 4.90 Å². The lowest BCUT2D eigenvalue weighted by atomic mass is 10.0. The van der Waals surface area contributed by atoms with Gasteiger partial charge in [-0.15, -0.1) is 0 Å². The molecule has 3 rings (SSSR count). The van der Waals surface area contributed by atoms with Gasteiger partial charge in [0.25, 0.3) is 0 Å². The van der Waals surface area contributed by atoms with E-state index in [1.54, 1.807) is 6.07 Å². The Morgan fingerprint density at radius 2 is 2.16 bits per heavy atom. The average molecular weight is 267 g/mol. The van der Waals surface area contributed by atoms with Gasteiger partial charge in [0.15, 0.2) is 5.79 Å². The van der Waals surface area contributed by atoms with Gasteiger partial charge in [-0.3, -0.25) is 4.90 Å². The number of piperidine rings is 1. The highest BCUT2D eigenvalue weighted by atomic mass is 16.7. The third-order valence-corrected chi connectivity index (χ3v) is 3.56. The molecular weight excluding hydrogens is 250 g/mol. The number of hydrogen-bond acceptors (Lipinski definition) is 5. The van der Waals surface area contributed by atoms with Crippen LogP contribution in [0, 0.1) is 0 Å². The second-order valence-electron chi connectivity index (χ2n) is 4.99. The van der Waals surface area contributed by atoms with Crippen LogP contribution in [0.15, 0.2) is 16.5 Å². The highest BCUT2D eigenvalue weighted by molar-refractivity contribution is 5.84. The van der Waals surface area contributed by atoms with Gasteiger partial charge in [0.2, 0.25) is 5.76 Å². The molecule has 0 unspecified atom stereocenters. The molecule has 0 radical (unpaired) electrons. The number of carboxylic acid groups (broad SMARTS) is 1. The van der Waals surface area contributed by atoms with Crippen molar-refractivity contribution in [3.8, 4) is 0 Å². The zero-order valence-electron chi connectivity index (χ0n) is 10.6. The minimum Gasteiger partial charge on any atom is -0.475 e. The molecule has 104 valence electrons. The van der Waals surface area contributed by atoms with Gasteiger partial charge >= 0.3 is 5.97 Å². The largest absolute Gasteiger partial charge is 0.475 e. The maximum atomic E-state index is 10.8. The van der Waals surface area contributed by atoms with Crippen LogP contribution in [0.3, 0.4) is 0 Å². The van der Waals surface area contributed by atoms with Crippen LogP contribution >= 0.6 is 0 Å². The molecule has 6 heteroatoms. The minimum atomic E-state index is -1.04. The van der Waals surface area contributed by atoms with Crippen molar-refractivity contribution in [2.45, 2.75) is 25.2 Å². The topological polar surface area (TPSA) is 72.1 Å². The molecule has 1 N–H and O–H groups in total. The second-order valence-corrected chi connectivity index (χ2v) is 4.99. The van der Waals surface area contributed by atoms with Crippen LogP contribution in [0.1, 0.15) is 29.2 Å². The predicted octanol–water partition coefficient (Wildman–Crippen LogP) is 1.32. The fourth-order valence-electron chi connectivity index (χ4n) is 2.74. The molecule has 19 heavy (non-hydrogen) atoms. The Bertz CT molecular complexity index is 463. The van der Waals surface area contributed by atoms with Crippen LogP contribution in [-0.2, 0) is 16.0 Å². The van der Waals surface area contributed by atoms with E-state index < -0.39 is 11.8 Å². The number of furan rings is 1. The quantitative estimate of drug-likeness (QED) is 0.890. The normalized spacial score (nSPS) is 22.9. The standard InChI is InChI=1S/C13H17NO5/c15-12(16)11-3-2-10(19-11)8-14-5-1-4-13(9-14)17-6-7-18-13/h2-3H,1,4-9H2,(H,15,16). The van der Waals surface area contributed by atoms with Crippen molar-refractivity contribution in [2.24, 2.45) is 0 Å². The summed E-state index contributed by atoms with van der Waals surface area (Å²) in [5.74, 6) is -0.855. The smallest absolute Gasteiger partial charge is 0.371 e. The number of nitrogens with zero attached hydrogens (tertiary/aromatic N) is 1. The molecule has 3 heterocycles. The fraction of sp³-hybridized carbons (Fsp3) is 0.615. The van der Waals surface area contributed by atoms with Crippen LogP contribution < -0.4 is 0 Å². The lowest BCUT2D eigenvalue weighted by Crippen LogP contribution is -2.48. The molecule has 2 saturated heterocycles. The van der Waals surface area contributed by atoms with Crippen molar-refractivity contribution < 1.29 is 23.8 Å². The number of likely N-dealkylation sites (tertiary alicyclic amines) is 1. The van der Waals surface area contributed by atoms with Gasteiger partial charge in [-0.05, 0) is 25.1 Å². The summed E-state index contributed by atoms with van der Waals surface area (Å²) in [6, 6.07) is 3.20. The van der Waals surface area contributed by atoms with Gasteiger partial charge in [-0.25, -0.2) is 4.79 Å². The number of carbonyl (C=O) groups is 1. The van der Waals surface area contributed by atoms with E-state index in [1.807, 2.05) is 0 Å². The molecule has 0 saturated carbocycles. The molecule has 0 aliphatic carbocycles. The predicted molar refractivity (Wildman–Crippen MR) is 64.8 cm³/mol. The van der Waals surface area contributed by atoms with Crippen molar-refractivity contribution >= 4 is 5.97 Å². The Morgan fingerprint density at radius 1 is 1.37 bits per heavy atom. The number of hydrogen-bond donors (Lipinski definition) is 1. The van der Waals surface area contributed by atoms with E-state index in [0.717, 1.165) is 19.4 Å². The summed E-state index contributed by atoms with van der Waals surface area (Å²) in [7, 11) is 0. The monoisotopic (exact) mass is 267 g/mol. The van der Waals surface area contributed by atoms with Gasteiger partial charge in [-0.2, -0.15) is 0 Å². The van der Waals surface area contributed by atoms with Gasteiger partial charge in [0.1, 0.15) is 5.76 Å². The Labute approximate surface area is 110 Å². The minimum absolute atomic E-state index is 0.0184. The number of carboxylic acids is 1. The maximum absolute atomic E-state index is 10.8. The fourth-order valence-corrected chi connectivity index (χ4v) is 2.74. The van der Waals surface area contributed by atoms with E-state index in [4.69, 9.17) is 19.0 Å². The third kappa shape index (κ3) is 2.65. The molecule has 1 aromatic heterocycles. The third-order valence-electron chi connectivity index (χ3n) is 3.56. The molecule has 2 aliphatic heterocycles. The van der Waals surface area contributed by atoms with Gasteiger partial charge in [0, 0.05) is 6.42 Å². The van der Waals surface area contributed by atoms with Crippen LogP contribution in [0.5, 0.6) is 0 Å². The Morgan fingerprint density at radius 3 is 2.84 bits per heavy atom. The molecule has 0 bridgehead atoms. The van der Waals surface area contributed by atoms with Gasteiger partial charge in [0.05, 0.1) is 26.3 Å². The van der Waals surface area contributed by atoms with E-state index in [9.17, 15) is 4.79 Å². The first-order valence-electron chi connectivity index (χ1n) is 6.49. The maximum Gasteiger partial charge on any atom is 0.371 e. The van der Waals surface area contributed by atoms with E-state index in [-0.39, 0.29) is 5.76 Å². The van der Waals surface area contributed by atoms with Crippen molar-refractivity contribution in [3.05, 3.63) is 23.7 Å². The van der Waals surface area contributed by atoms with Crippen molar-refractivity contribution in [2.75, 3.05) is 26.3 Å². The summed E-state index contributed by atoms with van der Waals surface area (Å²) in [6.45, 7) is 3.53. The zero-order chi connectivity index (χ0) is 13.3. The summed E-state index contributed by atoms with van der Waals surface area (Å²) in [4.78, 5) is 12.9. The molecule has 0 atom stereocenters. The zero-order valence-corrected chi connectivity index (χ0v) is 10.6. The number of rotatable bonds is 3. The molecule has 2 aliphatic rings. The molecule has 0 amide bonds. The first-order valence-corrected chi connectivity index (χ1v) is 6.49. The van der Waals surface area contributed by atoms with Crippen LogP contribution in [0.25, 0.3) is 0 Å². The number of ether oxygens (including phenoxy) is 2. The van der Waals surface area contributed by atoms with Crippen molar-refractivity contribution in [1.29, 1.82) is 0 Å². The summed E-state index contributed by atoms with van der Waals surface area (Å²) in [5, 5.41) is 8.82. The highest BCUT2D eigenvalue weighted by Gasteiger charge is 2.40. The Balaban J connectivity index is 1.64. The molecule has 0 aromatic carbocycles. The summed E-state index contributed by atoms with van der Waals surface area (Å²) in [5.41, 5.74) is 0. The average Bonchev–Trinajstić information content (AvgIpc) is 3.00. The second kappa shape index (κ2) is 4.96. The van der Waals surface area contributed by atoms with E-state index in [0.29, 0.717) is 32.1 Å². The summed E-state index contributed by atoms with van der Waals surface area (Å²) < 4.78 is 16.7. The molecule has 6 nitrogen and oxygen atoms in total. The number of aromatic carboxylic acids is 1. The SMILES string of the molecule is O=C(O)c1ccc(CN2CCCC3(C2)OCCO3)o1. The first-order chi connectivity index (χ1) is 9.17. The van der Waals surface area contributed by atoms with Gasteiger partial charge < -0.3 is 19.0 Å². The first kappa shape index (κ1) is 12.7. The molecule has 1 spiro atoms. The van der Waals surface area contributed by atoms with E-state index >= 15 is 0 Å². The highest BCUT2D eigenvalue weighted by Crippen LogP contribution is 2.30. The van der Waals surface area contributed by atoms with Crippen LogP contribution in [-0.4, -0.2) is 48.1 Å². The van der Waals surface area contributed by atoms with E-state index in [1.165, 1.54) is 6.07 Å². The van der Waals surface area contributed by atoms with Gasteiger partial charge in [-0.1, -0.05) is 0 Å². The summed E-state index contributed by atoms with van der Waals surface area (Å²) >= 11 is 0. The van der Waals surface area contributed by atoms with E-state index in [2.05, 4.69) is 4.90 Å².